The van der Waals surface area contributed by atoms with E-state index in [1.54, 1.807) is 23.5 Å². The van der Waals surface area contributed by atoms with Crippen molar-refractivity contribution in [2.24, 2.45) is 0 Å². The Balaban J connectivity index is 0.851. The molecular formula is C60H34BrN5S4. The average Bonchev–Trinajstić information content (AvgIpc) is 4.23. The average molecular weight is 1030 g/mol. The predicted octanol–water partition coefficient (Wildman–Crippen LogP) is 18.4. The molecule has 15 aromatic rings. The Hall–Kier alpha value is -7.18. The van der Waals surface area contributed by atoms with Crippen LogP contribution >= 0.6 is 62.1 Å². The molecule has 70 heavy (non-hydrogen) atoms. The highest BCUT2D eigenvalue weighted by molar-refractivity contribution is 9.10. The molecule has 5 nitrogen and oxygen atoms in total. The van der Waals surface area contributed by atoms with Gasteiger partial charge in [0.2, 0.25) is 0 Å². The number of thiophene rings is 2. The minimum absolute atomic E-state index is 0.850. The predicted molar refractivity (Wildman–Crippen MR) is 302 cm³/mol. The first-order valence-corrected chi connectivity index (χ1v) is 27.1. The van der Waals surface area contributed by atoms with Crippen LogP contribution in [0.1, 0.15) is 0 Å². The lowest BCUT2D eigenvalue weighted by atomic mass is 10.1. The topological polar surface area (TPSA) is 40.6 Å². The SMILES string of the molecule is Brc1c(Sc2cccc(Sc3cccc(-n4c5ccccc5c5c6sc7ccccc7c6ccc54)c3-n3nnc4ccccc43)c2)cccc1-n1c2ccccc2c2c3sc4ccccc4c3ccc21. The van der Waals surface area contributed by atoms with Crippen molar-refractivity contribution >= 4 is 157 Å². The maximum atomic E-state index is 4.88. The third-order valence-electron chi connectivity index (χ3n) is 13.6. The number of benzene rings is 10. The molecule has 0 radical (unpaired) electrons. The van der Waals surface area contributed by atoms with E-state index in [-0.39, 0.29) is 0 Å². The molecule has 0 saturated carbocycles. The van der Waals surface area contributed by atoms with Crippen molar-refractivity contribution in [1.82, 2.24) is 24.1 Å². The van der Waals surface area contributed by atoms with Crippen molar-refractivity contribution in [2.75, 3.05) is 0 Å². The second-order valence-electron chi connectivity index (χ2n) is 17.5. The molecule has 0 N–H and O–H groups in total. The molecule has 0 amide bonds. The molecule has 0 aliphatic rings. The van der Waals surface area contributed by atoms with Crippen LogP contribution in [0.15, 0.2) is 230 Å². The molecule has 0 aliphatic heterocycles. The van der Waals surface area contributed by atoms with Gasteiger partial charge in [0, 0.05) is 81.5 Å². The Morgan fingerprint density at radius 3 is 1.54 bits per heavy atom. The van der Waals surface area contributed by atoms with Gasteiger partial charge in [0.15, 0.2) is 0 Å². The minimum atomic E-state index is 0.850. The monoisotopic (exact) mass is 1030 g/mol. The van der Waals surface area contributed by atoms with Crippen LogP contribution in [-0.2, 0) is 0 Å². The highest BCUT2D eigenvalue weighted by atomic mass is 79.9. The summed E-state index contributed by atoms with van der Waals surface area (Å²) in [4.78, 5) is 4.50. The lowest BCUT2D eigenvalue weighted by Gasteiger charge is -2.18. The van der Waals surface area contributed by atoms with E-state index >= 15 is 0 Å². The van der Waals surface area contributed by atoms with Gasteiger partial charge in [-0.2, -0.15) is 0 Å². The molecule has 0 spiro atoms. The number of rotatable bonds is 7. The second-order valence-corrected chi connectivity index (χ2v) is 22.6. The molecule has 10 aromatic carbocycles. The molecule has 0 saturated heterocycles. The van der Waals surface area contributed by atoms with E-state index < -0.39 is 0 Å². The van der Waals surface area contributed by atoms with Crippen LogP contribution < -0.4 is 0 Å². The Morgan fingerprint density at radius 2 is 0.900 bits per heavy atom. The first kappa shape index (κ1) is 40.7. The summed E-state index contributed by atoms with van der Waals surface area (Å²) in [7, 11) is 0. The summed E-state index contributed by atoms with van der Waals surface area (Å²) in [5, 5.41) is 19.9. The van der Waals surface area contributed by atoms with Gasteiger partial charge in [-0.3, -0.25) is 0 Å². The second kappa shape index (κ2) is 15.9. The largest absolute Gasteiger partial charge is 0.308 e. The van der Waals surface area contributed by atoms with Crippen molar-refractivity contribution in [3.63, 3.8) is 0 Å². The fraction of sp³-hybridized carbons (Fsp3) is 0. The highest BCUT2D eigenvalue weighted by Crippen LogP contribution is 2.48. The molecular weight excluding hydrogens is 999 g/mol. The molecule has 15 rings (SSSR count). The molecule has 0 unspecified atom stereocenters. The maximum absolute atomic E-state index is 4.88. The van der Waals surface area contributed by atoms with E-state index in [4.69, 9.17) is 10.3 Å². The summed E-state index contributed by atoms with van der Waals surface area (Å²) in [5.41, 5.74) is 9.64. The maximum Gasteiger partial charge on any atom is 0.113 e. The van der Waals surface area contributed by atoms with Crippen LogP contribution in [0.5, 0.6) is 0 Å². The summed E-state index contributed by atoms with van der Waals surface area (Å²) >= 11 is 11.4. The van der Waals surface area contributed by atoms with E-state index in [0.717, 1.165) is 63.2 Å². The van der Waals surface area contributed by atoms with Gasteiger partial charge in [0.25, 0.3) is 0 Å². The third-order valence-corrected chi connectivity index (χ3v) is 19.2. The number of nitrogens with zero attached hydrogens (tertiary/aromatic N) is 5. The van der Waals surface area contributed by atoms with Crippen LogP contribution in [0.4, 0.5) is 0 Å². The Morgan fingerprint density at radius 1 is 0.400 bits per heavy atom. The van der Waals surface area contributed by atoms with Crippen molar-refractivity contribution in [2.45, 2.75) is 19.6 Å². The van der Waals surface area contributed by atoms with Gasteiger partial charge in [-0.1, -0.05) is 144 Å². The summed E-state index contributed by atoms with van der Waals surface area (Å²) in [5.74, 6) is 0. The molecule has 5 heterocycles. The number of para-hydroxylation sites is 4. The Bertz CT molecular complexity index is 4650. The zero-order valence-electron chi connectivity index (χ0n) is 36.9. The van der Waals surface area contributed by atoms with Crippen LogP contribution in [0, 0.1) is 0 Å². The number of fused-ring (bicyclic) bond motifs is 15. The molecule has 5 aromatic heterocycles. The van der Waals surface area contributed by atoms with E-state index in [1.165, 1.54) is 72.9 Å². The zero-order chi connectivity index (χ0) is 46.0. The highest BCUT2D eigenvalue weighted by Gasteiger charge is 2.24. The van der Waals surface area contributed by atoms with E-state index in [2.05, 4.69) is 219 Å². The summed E-state index contributed by atoms with van der Waals surface area (Å²) in [6.45, 7) is 0. The Kier molecular flexibility index (Phi) is 9.26. The molecule has 0 bridgehead atoms. The smallest absolute Gasteiger partial charge is 0.113 e. The fourth-order valence-corrected chi connectivity index (χ4v) is 15.8. The van der Waals surface area contributed by atoms with Gasteiger partial charge in [-0.15, -0.1) is 27.8 Å². The third kappa shape index (κ3) is 6.10. The van der Waals surface area contributed by atoms with Crippen molar-refractivity contribution in [3.05, 3.63) is 211 Å². The summed E-state index contributed by atoms with van der Waals surface area (Å²) in [6, 6.07) is 74.8. The van der Waals surface area contributed by atoms with Crippen molar-refractivity contribution < 1.29 is 0 Å². The van der Waals surface area contributed by atoms with E-state index in [1.807, 2.05) is 39.5 Å². The standard InChI is InChI=1S/C60H34BrN5S4/c61-57-49(64-44-21-6-1-18-41(44)55-47(64)32-30-39-37-16-3-9-26-51(37)69-59(39)55)24-12-28-53(57)67-35-14-11-15-36(34-35)68-54-29-13-25-50(58(54)66-46-23-8-5-20-43(46)62-63-66)65-45-22-7-2-19-42(45)56-48(65)33-31-40-38-17-4-10-27-52(38)70-60(40)56/h1-34H. The van der Waals surface area contributed by atoms with Crippen molar-refractivity contribution in [1.29, 1.82) is 0 Å². The molecule has 0 fully saturated rings. The molecule has 0 atom stereocenters. The molecule has 0 aliphatic carbocycles. The normalized spacial score (nSPS) is 12.2. The van der Waals surface area contributed by atoms with Gasteiger partial charge in [-0.25, -0.2) is 4.68 Å². The summed E-state index contributed by atoms with van der Waals surface area (Å²) in [6.07, 6.45) is 0. The number of hydrogen-bond donors (Lipinski definition) is 0. The van der Waals surface area contributed by atoms with E-state index in [0.29, 0.717) is 0 Å². The zero-order valence-corrected chi connectivity index (χ0v) is 41.7. The molecule has 10 heteroatoms. The lowest BCUT2D eigenvalue weighted by molar-refractivity contribution is 0.805. The number of halogens is 1. The number of hydrogen-bond acceptors (Lipinski definition) is 6. The van der Waals surface area contributed by atoms with E-state index in [9.17, 15) is 0 Å². The fourth-order valence-electron chi connectivity index (χ4n) is 10.6. The van der Waals surface area contributed by atoms with Gasteiger partial charge < -0.3 is 9.13 Å². The Labute approximate surface area is 425 Å². The quantitative estimate of drug-likeness (QED) is 0.159. The molecule has 330 valence electrons. The first-order chi connectivity index (χ1) is 34.6. The van der Waals surface area contributed by atoms with Crippen LogP contribution in [0.2, 0.25) is 0 Å². The van der Waals surface area contributed by atoms with Gasteiger partial charge in [-0.05, 0) is 107 Å². The summed E-state index contributed by atoms with van der Waals surface area (Å²) < 4.78 is 13.2. The van der Waals surface area contributed by atoms with Crippen LogP contribution in [0.25, 0.3) is 112 Å². The van der Waals surface area contributed by atoms with Gasteiger partial charge in [0.05, 0.1) is 43.4 Å². The number of aromatic nitrogens is 5. The van der Waals surface area contributed by atoms with Crippen molar-refractivity contribution in [3.8, 4) is 17.1 Å². The van der Waals surface area contributed by atoms with Crippen LogP contribution in [0.3, 0.4) is 0 Å². The minimum Gasteiger partial charge on any atom is -0.308 e. The van der Waals surface area contributed by atoms with Crippen LogP contribution in [-0.4, -0.2) is 24.1 Å². The first-order valence-electron chi connectivity index (χ1n) is 23.0. The van der Waals surface area contributed by atoms with Gasteiger partial charge in [0.1, 0.15) is 11.2 Å². The van der Waals surface area contributed by atoms with Gasteiger partial charge >= 0.3 is 0 Å². The lowest BCUT2D eigenvalue weighted by Crippen LogP contribution is -2.06.